The summed E-state index contributed by atoms with van der Waals surface area (Å²) in [6, 6.07) is 23.4. The van der Waals surface area contributed by atoms with Crippen molar-refractivity contribution in [3.8, 4) is 22.6 Å². The molecule has 0 unspecified atom stereocenters. The lowest BCUT2D eigenvalue weighted by Gasteiger charge is -2.29. The zero-order valence-corrected chi connectivity index (χ0v) is 17.4. The minimum Gasteiger partial charge on any atom is -0.494 e. The van der Waals surface area contributed by atoms with Gasteiger partial charge in [0.05, 0.1) is 12.2 Å². The first kappa shape index (κ1) is 20.0. The lowest BCUT2D eigenvalue weighted by molar-refractivity contribution is 0.0937. The largest absolute Gasteiger partial charge is 0.494 e. The second kappa shape index (κ2) is 9.01. The molecule has 0 fully saturated rings. The van der Waals surface area contributed by atoms with Crippen molar-refractivity contribution in [3.05, 3.63) is 78.4 Å². The van der Waals surface area contributed by atoms with Crippen molar-refractivity contribution in [3.63, 3.8) is 0 Å². The van der Waals surface area contributed by atoms with Crippen LogP contribution in [0.1, 0.15) is 16.8 Å². The van der Waals surface area contributed by atoms with Crippen LogP contribution in [0.25, 0.3) is 11.1 Å². The van der Waals surface area contributed by atoms with Gasteiger partial charge in [0.2, 0.25) is 0 Å². The molecule has 5 heteroatoms. The lowest BCUT2D eigenvalue weighted by Crippen LogP contribution is -2.38. The van der Waals surface area contributed by atoms with Gasteiger partial charge < -0.3 is 14.4 Å². The van der Waals surface area contributed by atoms with Crippen molar-refractivity contribution in [1.29, 1.82) is 0 Å². The van der Waals surface area contributed by atoms with Gasteiger partial charge in [-0.2, -0.15) is 0 Å². The van der Waals surface area contributed by atoms with Gasteiger partial charge in [0.15, 0.2) is 6.73 Å². The molecule has 0 N–H and O–H groups in total. The molecule has 0 bridgehead atoms. The number of carbonyl (C=O) groups excluding carboxylic acids is 1. The Morgan fingerprint density at radius 1 is 0.967 bits per heavy atom. The molecule has 3 aromatic carbocycles. The monoisotopic (exact) mass is 402 g/mol. The van der Waals surface area contributed by atoms with Crippen molar-refractivity contribution in [2.45, 2.75) is 6.42 Å². The van der Waals surface area contributed by atoms with Gasteiger partial charge >= 0.3 is 0 Å². The van der Waals surface area contributed by atoms with Gasteiger partial charge in [-0.15, -0.1) is 0 Å². The summed E-state index contributed by atoms with van der Waals surface area (Å²) in [6.07, 6.45) is 0.967. The van der Waals surface area contributed by atoms with Gasteiger partial charge in [0.25, 0.3) is 5.91 Å². The maximum atomic E-state index is 13.0. The predicted molar refractivity (Wildman–Crippen MR) is 119 cm³/mol. The SMILES string of the molecule is CN(C)CCCOc1ccc(N2COc3cc(-c4ccccc4)ccc3C2=O)cc1. The van der Waals surface area contributed by atoms with Gasteiger partial charge in [-0.05, 0) is 68.0 Å². The minimum absolute atomic E-state index is 0.0597. The van der Waals surface area contributed by atoms with Crippen molar-refractivity contribution < 1.29 is 14.3 Å². The van der Waals surface area contributed by atoms with Crippen molar-refractivity contribution in [2.75, 3.05) is 38.9 Å². The molecule has 1 heterocycles. The van der Waals surface area contributed by atoms with Crippen LogP contribution in [-0.2, 0) is 0 Å². The normalized spacial score (nSPS) is 13.2. The lowest BCUT2D eigenvalue weighted by atomic mass is 10.0. The van der Waals surface area contributed by atoms with E-state index in [0.717, 1.165) is 35.5 Å². The van der Waals surface area contributed by atoms with E-state index >= 15 is 0 Å². The van der Waals surface area contributed by atoms with E-state index in [4.69, 9.17) is 9.47 Å². The summed E-state index contributed by atoms with van der Waals surface area (Å²) in [5.41, 5.74) is 3.50. The molecule has 154 valence electrons. The number of rotatable bonds is 7. The molecule has 0 spiro atoms. The molecular formula is C25H26N2O3. The van der Waals surface area contributed by atoms with Crippen LogP contribution in [0.5, 0.6) is 11.5 Å². The van der Waals surface area contributed by atoms with E-state index in [1.807, 2.05) is 86.9 Å². The highest BCUT2D eigenvalue weighted by atomic mass is 16.5. The Balaban J connectivity index is 1.44. The van der Waals surface area contributed by atoms with E-state index < -0.39 is 0 Å². The Morgan fingerprint density at radius 3 is 2.47 bits per heavy atom. The van der Waals surface area contributed by atoms with E-state index in [2.05, 4.69) is 4.90 Å². The second-order valence-electron chi connectivity index (χ2n) is 7.58. The maximum absolute atomic E-state index is 13.0. The average Bonchev–Trinajstić information content (AvgIpc) is 2.78. The van der Waals surface area contributed by atoms with Crippen LogP contribution >= 0.6 is 0 Å². The summed E-state index contributed by atoms with van der Waals surface area (Å²) < 4.78 is 11.7. The Bertz CT molecular complexity index is 1000. The third-order valence-corrected chi connectivity index (χ3v) is 5.08. The topological polar surface area (TPSA) is 42.0 Å². The van der Waals surface area contributed by atoms with E-state index in [1.165, 1.54) is 0 Å². The summed E-state index contributed by atoms with van der Waals surface area (Å²) in [7, 11) is 4.10. The van der Waals surface area contributed by atoms with Gasteiger partial charge in [0, 0.05) is 12.2 Å². The fourth-order valence-corrected chi connectivity index (χ4v) is 3.45. The second-order valence-corrected chi connectivity index (χ2v) is 7.58. The minimum atomic E-state index is -0.0597. The quantitative estimate of drug-likeness (QED) is 0.538. The standard InChI is InChI=1S/C25H26N2O3/c1-26(2)15-6-16-29-22-12-10-21(11-13-22)27-18-30-24-17-20(9-14-23(24)25(27)28)19-7-4-3-5-8-19/h3-5,7-14,17H,6,15-16,18H2,1-2H3. The Labute approximate surface area is 177 Å². The number of hydrogen-bond acceptors (Lipinski definition) is 4. The van der Waals surface area contributed by atoms with E-state index in [9.17, 15) is 4.79 Å². The third-order valence-electron chi connectivity index (χ3n) is 5.08. The zero-order chi connectivity index (χ0) is 20.9. The van der Waals surface area contributed by atoms with Crippen LogP contribution < -0.4 is 14.4 Å². The number of hydrogen-bond donors (Lipinski definition) is 0. The first-order chi connectivity index (χ1) is 14.6. The molecule has 0 aromatic heterocycles. The Hall–Kier alpha value is -3.31. The smallest absolute Gasteiger partial charge is 0.264 e. The van der Waals surface area contributed by atoms with Crippen LogP contribution in [0.4, 0.5) is 5.69 Å². The third kappa shape index (κ3) is 4.47. The number of carbonyl (C=O) groups is 1. The number of nitrogens with zero attached hydrogens (tertiary/aromatic N) is 2. The predicted octanol–water partition coefficient (Wildman–Crippen LogP) is 4.68. The first-order valence-electron chi connectivity index (χ1n) is 10.1. The maximum Gasteiger partial charge on any atom is 0.264 e. The molecule has 0 aliphatic carbocycles. The molecule has 0 atom stereocenters. The van der Waals surface area contributed by atoms with Crippen LogP contribution in [-0.4, -0.2) is 44.8 Å². The molecule has 4 rings (SSSR count). The number of benzene rings is 3. The van der Waals surface area contributed by atoms with Gasteiger partial charge in [-0.3, -0.25) is 9.69 Å². The molecule has 30 heavy (non-hydrogen) atoms. The van der Waals surface area contributed by atoms with E-state index in [-0.39, 0.29) is 12.6 Å². The summed E-state index contributed by atoms with van der Waals surface area (Å²) >= 11 is 0. The molecule has 0 saturated carbocycles. The molecule has 1 aliphatic rings. The van der Waals surface area contributed by atoms with Crippen molar-refractivity contribution in [2.24, 2.45) is 0 Å². The number of anilines is 1. The van der Waals surface area contributed by atoms with E-state index in [0.29, 0.717) is 17.9 Å². The highest BCUT2D eigenvalue weighted by molar-refractivity contribution is 6.09. The fraction of sp³-hybridized carbons (Fsp3) is 0.240. The van der Waals surface area contributed by atoms with Crippen molar-refractivity contribution in [1.82, 2.24) is 4.90 Å². The highest BCUT2D eigenvalue weighted by Crippen LogP contribution is 2.33. The van der Waals surface area contributed by atoms with Gasteiger partial charge in [-0.1, -0.05) is 36.4 Å². The zero-order valence-electron chi connectivity index (χ0n) is 17.4. The van der Waals surface area contributed by atoms with Crippen LogP contribution in [0.15, 0.2) is 72.8 Å². The van der Waals surface area contributed by atoms with Gasteiger partial charge in [-0.25, -0.2) is 0 Å². The summed E-state index contributed by atoms with van der Waals surface area (Å²) in [5, 5.41) is 0. The van der Waals surface area contributed by atoms with Crippen LogP contribution in [0, 0.1) is 0 Å². The van der Waals surface area contributed by atoms with E-state index in [1.54, 1.807) is 4.90 Å². The molecule has 5 nitrogen and oxygen atoms in total. The molecule has 1 aliphatic heterocycles. The molecule has 0 saturated heterocycles. The number of fused-ring (bicyclic) bond motifs is 1. The van der Waals surface area contributed by atoms with Gasteiger partial charge in [0.1, 0.15) is 11.5 Å². The molecular weight excluding hydrogens is 376 g/mol. The number of ether oxygens (including phenoxy) is 2. The Kier molecular flexibility index (Phi) is 6.00. The van der Waals surface area contributed by atoms with Crippen LogP contribution in [0.3, 0.4) is 0 Å². The highest BCUT2D eigenvalue weighted by Gasteiger charge is 2.27. The number of amides is 1. The summed E-state index contributed by atoms with van der Waals surface area (Å²) in [4.78, 5) is 16.8. The summed E-state index contributed by atoms with van der Waals surface area (Å²) in [6.45, 7) is 1.84. The molecule has 3 aromatic rings. The Morgan fingerprint density at radius 2 is 1.73 bits per heavy atom. The first-order valence-corrected chi connectivity index (χ1v) is 10.1. The van der Waals surface area contributed by atoms with Crippen LogP contribution in [0.2, 0.25) is 0 Å². The average molecular weight is 402 g/mol. The fourth-order valence-electron chi connectivity index (χ4n) is 3.45. The molecule has 0 radical (unpaired) electrons. The summed E-state index contributed by atoms with van der Waals surface area (Å²) in [5.74, 6) is 1.37. The molecule has 1 amide bonds. The van der Waals surface area contributed by atoms with Crippen molar-refractivity contribution >= 4 is 11.6 Å².